The predicted octanol–water partition coefficient (Wildman–Crippen LogP) is 1.82. The van der Waals surface area contributed by atoms with E-state index in [1.165, 1.54) is 5.56 Å². The molecule has 1 aliphatic rings. The van der Waals surface area contributed by atoms with E-state index < -0.39 is 12.0 Å². The zero-order valence-corrected chi connectivity index (χ0v) is 14.5. The second kappa shape index (κ2) is 7.66. The van der Waals surface area contributed by atoms with E-state index in [0.29, 0.717) is 0 Å². The van der Waals surface area contributed by atoms with Crippen molar-refractivity contribution in [3.8, 4) is 0 Å². The molecular formula is C18H26N2O4. The number of benzene rings is 1. The van der Waals surface area contributed by atoms with Gasteiger partial charge in [0, 0.05) is 25.3 Å². The minimum absolute atomic E-state index is 0.168. The van der Waals surface area contributed by atoms with Crippen LogP contribution in [0.15, 0.2) is 24.3 Å². The van der Waals surface area contributed by atoms with Gasteiger partial charge in [-0.1, -0.05) is 18.2 Å². The second-order valence-corrected chi connectivity index (χ2v) is 7.01. The summed E-state index contributed by atoms with van der Waals surface area (Å²) >= 11 is 0. The lowest BCUT2D eigenvalue weighted by Crippen LogP contribution is -2.46. The Morgan fingerprint density at radius 3 is 2.71 bits per heavy atom. The second-order valence-electron chi connectivity index (χ2n) is 7.01. The van der Waals surface area contributed by atoms with Crippen LogP contribution < -0.4 is 10.2 Å². The highest BCUT2D eigenvalue weighted by atomic mass is 16.5. The van der Waals surface area contributed by atoms with E-state index in [0.717, 1.165) is 18.7 Å². The Labute approximate surface area is 142 Å². The Balaban J connectivity index is 1.86. The van der Waals surface area contributed by atoms with Gasteiger partial charge in [0.05, 0.1) is 12.1 Å². The molecule has 0 bridgehead atoms. The van der Waals surface area contributed by atoms with Crippen LogP contribution in [0.5, 0.6) is 0 Å². The van der Waals surface area contributed by atoms with Gasteiger partial charge < -0.3 is 20.1 Å². The summed E-state index contributed by atoms with van der Waals surface area (Å²) in [6, 6.07) is 7.04. The number of nitrogens with zero attached hydrogens (tertiary/aromatic N) is 1. The molecule has 1 aromatic rings. The summed E-state index contributed by atoms with van der Waals surface area (Å²) in [6.45, 7) is 6.95. The molecule has 2 rings (SSSR count). The van der Waals surface area contributed by atoms with Crippen LogP contribution in [0.25, 0.3) is 0 Å². The monoisotopic (exact) mass is 334 g/mol. The lowest BCUT2D eigenvalue weighted by Gasteiger charge is -2.23. The smallest absolute Gasteiger partial charge is 0.326 e. The van der Waals surface area contributed by atoms with Crippen molar-refractivity contribution in [3.05, 3.63) is 29.8 Å². The van der Waals surface area contributed by atoms with Crippen molar-refractivity contribution < 1.29 is 19.4 Å². The van der Waals surface area contributed by atoms with E-state index in [-0.39, 0.29) is 31.1 Å². The van der Waals surface area contributed by atoms with Crippen LogP contribution in [0.2, 0.25) is 0 Å². The molecular weight excluding hydrogens is 308 g/mol. The number of rotatable bonds is 7. The maximum absolute atomic E-state index is 12.2. The van der Waals surface area contributed by atoms with Crippen molar-refractivity contribution in [2.45, 2.75) is 45.3 Å². The molecule has 0 saturated heterocycles. The van der Waals surface area contributed by atoms with Crippen LogP contribution in [0.4, 0.5) is 5.69 Å². The first-order chi connectivity index (χ1) is 11.3. The summed E-state index contributed by atoms with van der Waals surface area (Å²) in [5.41, 5.74) is 1.95. The summed E-state index contributed by atoms with van der Waals surface area (Å²) in [6.07, 6.45) is 1.15. The number of carboxylic acids is 1. The Morgan fingerprint density at radius 2 is 2.04 bits per heavy atom. The van der Waals surface area contributed by atoms with Gasteiger partial charge in [-0.25, -0.2) is 4.79 Å². The van der Waals surface area contributed by atoms with Crippen LogP contribution >= 0.6 is 0 Å². The number of ether oxygens (including phenoxy) is 1. The van der Waals surface area contributed by atoms with Crippen LogP contribution in [-0.4, -0.2) is 48.3 Å². The van der Waals surface area contributed by atoms with Gasteiger partial charge >= 0.3 is 5.97 Å². The molecule has 1 aromatic carbocycles. The van der Waals surface area contributed by atoms with Gasteiger partial charge in [-0.3, -0.25) is 4.79 Å². The number of para-hydroxylation sites is 1. The third-order valence-electron chi connectivity index (χ3n) is 3.89. The molecule has 0 radical (unpaired) electrons. The SMILES string of the molecule is CC(C)(C)OCCC(NC(=O)CN1CCc2ccccc21)C(=O)O. The minimum Gasteiger partial charge on any atom is -0.480 e. The molecule has 0 aliphatic carbocycles. The predicted molar refractivity (Wildman–Crippen MR) is 92.2 cm³/mol. The summed E-state index contributed by atoms with van der Waals surface area (Å²) < 4.78 is 5.55. The lowest BCUT2D eigenvalue weighted by atomic mass is 10.1. The molecule has 24 heavy (non-hydrogen) atoms. The molecule has 1 aliphatic heterocycles. The van der Waals surface area contributed by atoms with Gasteiger partial charge in [0.25, 0.3) is 0 Å². The maximum atomic E-state index is 12.2. The van der Waals surface area contributed by atoms with Gasteiger partial charge in [0.1, 0.15) is 6.04 Å². The molecule has 132 valence electrons. The van der Waals surface area contributed by atoms with E-state index in [1.54, 1.807) is 0 Å². The Bertz CT molecular complexity index is 595. The molecule has 0 spiro atoms. The number of amides is 1. The van der Waals surface area contributed by atoms with Gasteiger partial charge in [0.2, 0.25) is 5.91 Å². The molecule has 2 N–H and O–H groups in total. The number of carbonyl (C=O) groups is 2. The number of hydrogen-bond donors (Lipinski definition) is 2. The summed E-state index contributed by atoms with van der Waals surface area (Å²) in [7, 11) is 0. The fraction of sp³-hybridized carbons (Fsp3) is 0.556. The number of anilines is 1. The first-order valence-electron chi connectivity index (χ1n) is 8.25. The normalized spacial score (nSPS) is 15.0. The standard InChI is InChI=1S/C18H26N2O4/c1-18(2,3)24-11-9-14(17(22)23)19-16(21)12-20-10-8-13-6-4-5-7-15(13)20/h4-7,14H,8-12H2,1-3H3,(H,19,21)(H,22,23). The van der Waals surface area contributed by atoms with Crippen LogP contribution in [0.1, 0.15) is 32.8 Å². The fourth-order valence-corrected chi connectivity index (χ4v) is 2.72. The highest BCUT2D eigenvalue weighted by Crippen LogP contribution is 2.26. The van der Waals surface area contributed by atoms with Gasteiger partial charge in [0.15, 0.2) is 0 Å². The molecule has 1 heterocycles. The van der Waals surface area contributed by atoms with Crippen LogP contribution in [-0.2, 0) is 20.7 Å². The summed E-state index contributed by atoms with van der Waals surface area (Å²) in [4.78, 5) is 25.6. The summed E-state index contributed by atoms with van der Waals surface area (Å²) in [5.74, 6) is -1.32. The highest BCUT2D eigenvalue weighted by molar-refractivity contribution is 5.87. The van der Waals surface area contributed by atoms with Gasteiger partial charge in [-0.15, -0.1) is 0 Å². The molecule has 6 heteroatoms. The summed E-state index contributed by atoms with van der Waals surface area (Å²) in [5, 5.41) is 11.9. The van der Waals surface area contributed by atoms with Gasteiger partial charge in [-0.05, 0) is 38.8 Å². The van der Waals surface area contributed by atoms with E-state index in [2.05, 4.69) is 11.4 Å². The fourth-order valence-electron chi connectivity index (χ4n) is 2.72. The number of nitrogens with one attached hydrogen (secondary N) is 1. The first kappa shape index (κ1) is 18.3. The molecule has 1 atom stereocenters. The number of carbonyl (C=O) groups excluding carboxylic acids is 1. The van der Waals surface area contributed by atoms with E-state index in [9.17, 15) is 14.7 Å². The molecule has 0 aromatic heterocycles. The molecule has 1 amide bonds. The van der Waals surface area contributed by atoms with Crippen molar-refractivity contribution >= 4 is 17.6 Å². The zero-order chi connectivity index (χ0) is 17.7. The molecule has 1 unspecified atom stereocenters. The number of aliphatic carboxylic acids is 1. The highest BCUT2D eigenvalue weighted by Gasteiger charge is 2.24. The molecule has 0 saturated carbocycles. The maximum Gasteiger partial charge on any atom is 0.326 e. The Morgan fingerprint density at radius 1 is 1.33 bits per heavy atom. The van der Waals surface area contributed by atoms with E-state index in [4.69, 9.17) is 4.74 Å². The third kappa shape index (κ3) is 5.23. The van der Waals surface area contributed by atoms with Crippen LogP contribution in [0, 0.1) is 0 Å². The Kier molecular flexibility index (Phi) is 5.83. The van der Waals surface area contributed by atoms with Crippen molar-refractivity contribution in [1.29, 1.82) is 0 Å². The van der Waals surface area contributed by atoms with Gasteiger partial charge in [-0.2, -0.15) is 0 Å². The quantitative estimate of drug-likeness (QED) is 0.795. The van der Waals surface area contributed by atoms with E-state index in [1.807, 2.05) is 43.9 Å². The largest absolute Gasteiger partial charge is 0.480 e. The topological polar surface area (TPSA) is 78.9 Å². The first-order valence-corrected chi connectivity index (χ1v) is 8.25. The minimum atomic E-state index is -1.04. The van der Waals surface area contributed by atoms with Crippen molar-refractivity contribution in [3.63, 3.8) is 0 Å². The molecule has 6 nitrogen and oxygen atoms in total. The zero-order valence-electron chi connectivity index (χ0n) is 14.5. The van der Waals surface area contributed by atoms with Crippen LogP contribution in [0.3, 0.4) is 0 Å². The number of hydrogen-bond acceptors (Lipinski definition) is 4. The Hall–Kier alpha value is -2.08. The van der Waals surface area contributed by atoms with Crippen molar-refractivity contribution in [1.82, 2.24) is 5.32 Å². The average Bonchev–Trinajstić information content (AvgIpc) is 2.88. The number of carboxylic acid groups (broad SMARTS) is 1. The van der Waals surface area contributed by atoms with Crippen molar-refractivity contribution in [2.75, 3.05) is 24.6 Å². The van der Waals surface area contributed by atoms with Crippen molar-refractivity contribution in [2.24, 2.45) is 0 Å². The average molecular weight is 334 g/mol. The third-order valence-corrected chi connectivity index (χ3v) is 3.89. The number of fused-ring (bicyclic) bond motifs is 1. The van der Waals surface area contributed by atoms with E-state index >= 15 is 0 Å². The molecule has 0 fully saturated rings. The lowest BCUT2D eigenvalue weighted by molar-refractivity contribution is -0.142.